The van der Waals surface area contributed by atoms with Crippen molar-refractivity contribution in [3.8, 4) is 0 Å². The summed E-state index contributed by atoms with van der Waals surface area (Å²) in [6.45, 7) is 4.31. The molecular weight excluding hydrogens is 186 g/mol. The molecule has 1 saturated carbocycles. The quantitative estimate of drug-likeness (QED) is 0.824. The Balaban J connectivity index is 2.09. The molecule has 0 aromatic carbocycles. The van der Waals surface area contributed by atoms with Crippen molar-refractivity contribution in [3.63, 3.8) is 0 Å². The number of imidazole rings is 1. The number of aromatic nitrogens is 2. The average Bonchev–Trinajstić information content (AvgIpc) is 2.66. The first-order valence-electron chi connectivity index (χ1n) is 6.07. The Bertz CT molecular complexity index is 298. The van der Waals surface area contributed by atoms with Gasteiger partial charge in [0.05, 0.1) is 0 Å². The van der Waals surface area contributed by atoms with E-state index in [2.05, 4.69) is 34.9 Å². The van der Waals surface area contributed by atoms with Gasteiger partial charge in [-0.25, -0.2) is 4.98 Å². The molecule has 0 atom stereocenters. The summed E-state index contributed by atoms with van der Waals surface area (Å²) in [6, 6.07) is 1.12. The Hall–Kier alpha value is -0.990. The van der Waals surface area contributed by atoms with Crippen LogP contribution in [0.15, 0.2) is 12.4 Å². The molecule has 1 aromatic heterocycles. The minimum atomic E-state index is 0.453. The lowest BCUT2D eigenvalue weighted by Crippen LogP contribution is -2.19. The van der Waals surface area contributed by atoms with Gasteiger partial charge in [-0.1, -0.05) is 19.3 Å². The predicted octanol–water partition coefficient (Wildman–Crippen LogP) is 3.21. The van der Waals surface area contributed by atoms with E-state index in [4.69, 9.17) is 0 Å². The van der Waals surface area contributed by atoms with Crippen molar-refractivity contribution in [3.05, 3.63) is 12.4 Å². The van der Waals surface area contributed by atoms with Crippen LogP contribution in [0.5, 0.6) is 0 Å². The molecule has 2 rings (SSSR count). The van der Waals surface area contributed by atoms with Crippen LogP contribution in [-0.2, 0) is 0 Å². The summed E-state index contributed by atoms with van der Waals surface area (Å²) in [5.74, 6) is 1.04. The maximum Gasteiger partial charge on any atom is 0.203 e. The first-order chi connectivity index (χ1) is 7.27. The summed E-state index contributed by atoms with van der Waals surface area (Å²) in [6.07, 6.45) is 10.8. The molecule has 3 nitrogen and oxygen atoms in total. The normalized spacial score (nSPS) is 18.3. The van der Waals surface area contributed by atoms with Crippen molar-refractivity contribution in [2.24, 2.45) is 0 Å². The number of rotatable bonds is 3. The second kappa shape index (κ2) is 4.69. The van der Waals surface area contributed by atoms with E-state index in [9.17, 15) is 0 Å². The van der Waals surface area contributed by atoms with E-state index >= 15 is 0 Å². The second-order valence-corrected chi connectivity index (χ2v) is 4.75. The summed E-state index contributed by atoms with van der Waals surface area (Å²) < 4.78 is 2.32. The minimum absolute atomic E-state index is 0.453. The van der Waals surface area contributed by atoms with Crippen LogP contribution in [0, 0.1) is 0 Å². The Kier molecular flexibility index (Phi) is 3.29. The first-order valence-corrected chi connectivity index (χ1v) is 6.07. The van der Waals surface area contributed by atoms with E-state index in [-0.39, 0.29) is 0 Å². The fourth-order valence-electron chi connectivity index (χ4n) is 2.34. The summed E-state index contributed by atoms with van der Waals surface area (Å²) >= 11 is 0. The Labute approximate surface area is 91.9 Å². The number of nitrogens with one attached hydrogen (secondary N) is 1. The van der Waals surface area contributed by atoms with Gasteiger partial charge in [0.25, 0.3) is 0 Å². The highest BCUT2D eigenvalue weighted by molar-refractivity contribution is 5.27. The van der Waals surface area contributed by atoms with Crippen LogP contribution in [0.2, 0.25) is 0 Å². The highest BCUT2D eigenvalue weighted by atomic mass is 15.2. The molecule has 1 aliphatic carbocycles. The molecule has 0 unspecified atom stereocenters. The first kappa shape index (κ1) is 10.5. The largest absolute Gasteiger partial charge is 0.353 e. The molecular formula is C12H21N3. The minimum Gasteiger partial charge on any atom is -0.353 e. The van der Waals surface area contributed by atoms with Crippen LogP contribution in [0.1, 0.15) is 52.0 Å². The molecule has 0 spiro atoms. The van der Waals surface area contributed by atoms with E-state index in [1.165, 1.54) is 32.1 Å². The lowest BCUT2D eigenvalue weighted by atomic mass is 9.95. The number of nitrogens with zero attached hydrogens (tertiary/aromatic N) is 2. The molecule has 84 valence electrons. The third kappa shape index (κ3) is 2.52. The van der Waals surface area contributed by atoms with E-state index < -0.39 is 0 Å². The molecule has 0 radical (unpaired) electrons. The zero-order valence-corrected chi connectivity index (χ0v) is 9.74. The van der Waals surface area contributed by atoms with Crippen molar-refractivity contribution in [1.29, 1.82) is 0 Å². The van der Waals surface area contributed by atoms with Gasteiger partial charge >= 0.3 is 0 Å². The van der Waals surface area contributed by atoms with Gasteiger partial charge < -0.3 is 9.88 Å². The van der Waals surface area contributed by atoms with Crippen LogP contribution >= 0.6 is 0 Å². The van der Waals surface area contributed by atoms with Gasteiger partial charge in [-0.15, -0.1) is 0 Å². The van der Waals surface area contributed by atoms with Crippen LogP contribution in [-0.4, -0.2) is 15.6 Å². The summed E-state index contributed by atoms with van der Waals surface area (Å²) in [7, 11) is 0. The van der Waals surface area contributed by atoms with Gasteiger partial charge in [-0.3, -0.25) is 0 Å². The van der Waals surface area contributed by atoms with Crippen molar-refractivity contribution in [2.45, 2.75) is 58.0 Å². The molecule has 3 heteroatoms. The van der Waals surface area contributed by atoms with E-state index in [0.29, 0.717) is 12.1 Å². The molecule has 0 saturated heterocycles. The Morgan fingerprint density at radius 2 is 2.07 bits per heavy atom. The molecule has 1 aromatic rings. The SMILES string of the molecule is CC(C)Nc1nccn1C1CCCCC1. The van der Waals surface area contributed by atoms with Crippen molar-refractivity contribution in [1.82, 2.24) is 9.55 Å². The van der Waals surface area contributed by atoms with Crippen LogP contribution in [0.3, 0.4) is 0 Å². The summed E-state index contributed by atoms with van der Waals surface area (Å²) in [5, 5.41) is 3.40. The highest BCUT2D eigenvalue weighted by Gasteiger charge is 2.17. The smallest absolute Gasteiger partial charge is 0.203 e. The molecule has 0 bridgehead atoms. The zero-order valence-electron chi connectivity index (χ0n) is 9.74. The predicted molar refractivity (Wildman–Crippen MR) is 63.1 cm³/mol. The van der Waals surface area contributed by atoms with Crippen molar-refractivity contribution in [2.75, 3.05) is 5.32 Å². The van der Waals surface area contributed by atoms with Crippen LogP contribution in [0.4, 0.5) is 5.95 Å². The average molecular weight is 207 g/mol. The number of hydrogen-bond acceptors (Lipinski definition) is 2. The van der Waals surface area contributed by atoms with Crippen molar-refractivity contribution >= 4 is 5.95 Å². The summed E-state index contributed by atoms with van der Waals surface area (Å²) in [4.78, 5) is 4.38. The zero-order chi connectivity index (χ0) is 10.7. The van der Waals surface area contributed by atoms with E-state index in [1.807, 2.05) is 6.20 Å². The fraction of sp³-hybridized carbons (Fsp3) is 0.750. The summed E-state index contributed by atoms with van der Waals surface area (Å²) in [5.41, 5.74) is 0. The molecule has 15 heavy (non-hydrogen) atoms. The van der Waals surface area contributed by atoms with Gasteiger partial charge in [0.15, 0.2) is 0 Å². The molecule has 1 heterocycles. The van der Waals surface area contributed by atoms with E-state index in [0.717, 1.165) is 5.95 Å². The standard InChI is InChI=1S/C12H21N3/c1-10(2)14-12-13-8-9-15(12)11-6-4-3-5-7-11/h8-11H,3-7H2,1-2H3,(H,13,14). The monoisotopic (exact) mass is 207 g/mol. The van der Waals surface area contributed by atoms with Crippen LogP contribution in [0.25, 0.3) is 0 Å². The number of anilines is 1. The third-order valence-electron chi connectivity index (χ3n) is 3.05. The van der Waals surface area contributed by atoms with Gasteiger partial charge in [0, 0.05) is 24.5 Å². The van der Waals surface area contributed by atoms with Gasteiger partial charge in [0.2, 0.25) is 5.95 Å². The van der Waals surface area contributed by atoms with Gasteiger partial charge in [-0.2, -0.15) is 0 Å². The van der Waals surface area contributed by atoms with Gasteiger partial charge in [0.1, 0.15) is 0 Å². The highest BCUT2D eigenvalue weighted by Crippen LogP contribution is 2.30. The lowest BCUT2D eigenvalue weighted by molar-refractivity contribution is 0.355. The van der Waals surface area contributed by atoms with Crippen molar-refractivity contribution < 1.29 is 0 Å². The maximum atomic E-state index is 4.38. The third-order valence-corrected chi connectivity index (χ3v) is 3.05. The van der Waals surface area contributed by atoms with Crippen LogP contribution < -0.4 is 5.32 Å². The number of hydrogen-bond donors (Lipinski definition) is 1. The van der Waals surface area contributed by atoms with Gasteiger partial charge in [-0.05, 0) is 26.7 Å². The Morgan fingerprint density at radius 1 is 1.33 bits per heavy atom. The maximum absolute atomic E-state index is 4.38. The molecule has 1 fully saturated rings. The lowest BCUT2D eigenvalue weighted by Gasteiger charge is -2.25. The molecule has 1 aliphatic rings. The topological polar surface area (TPSA) is 29.9 Å². The fourth-order valence-corrected chi connectivity index (χ4v) is 2.34. The molecule has 1 N–H and O–H groups in total. The molecule has 0 amide bonds. The Morgan fingerprint density at radius 3 is 2.73 bits per heavy atom. The second-order valence-electron chi connectivity index (χ2n) is 4.75. The molecule has 0 aliphatic heterocycles. The van der Waals surface area contributed by atoms with E-state index in [1.54, 1.807) is 0 Å².